The normalized spacial score (nSPS) is 36.1. The first kappa shape index (κ1) is 10.9. The summed E-state index contributed by atoms with van der Waals surface area (Å²) in [6.45, 7) is 1.95. The molecule has 0 aromatic carbocycles. The molecule has 1 fully saturated rings. The molecule has 0 aromatic rings. The molecule has 2 unspecified atom stereocenters. The van der Waals surface area contributed by atoms with E-state index in [4.69, 9.17) is 10.3 Å². The van der Waals surface area contributed by atoms with Crippen LogP contribution in [-0.4, -0.2) is 24.3 Å². The Hall–Kier alpha value is -0.130. The van der Waals surface area contributed by atoms with Gasteiger partial charge in [0.2, 0.25) is 0 Å². The summed E-state index contributed by atoms with van der Waals surface area (Å²) in [6.07, 6.45) is 3.70. The quantitative estimate of drug-likeness (QED) is 0.656. The number of rotatable bonds is 2. The Kier molecular flexibility index (Phi) is 2.99. The molecular weight excluding hydrogens is 190 g/mol. The van der Waals surface area contributed by atoms with Gasteiger partial charge in [-0.1, -0.05) is 19.8 Å². The van der Waals surface area contributed by atoms with Crippen molar-refractivity contribution in [2.45, 2.75) is 38.1 Å². The Balaban J connectivity index is 2.73. The van der Waals surface area contributed by atoms with Gasteiger partial charge in [-0.2, -0.15) is 8.42 Å². The summed E-state index contributed by atoms with van der Waals surface area (Å²) >= 11 is 0. The Morgan fingerprint density at radius 3 is 2.62 bits per heavy atom. The van der Waals surface area contributed by atoms with Crippen molar-refractivity contribution in [3.8, 4) is 0 Å². The third kappa shape index (κ3) is 2.93. The number of nitrogens with two attached hydrogens (primary N) is 1. The summed E-state index contributed by atoms with van der Waals surface area (Å²) < 4.78 is 30.2. The van der Waals surface area contributed by atoms with Crippen LogP contribution in [0.3, 0.4) is 0 Å². The molecule has 0 amide bonds. The lowest BCUT2D eigenvalue weighted by atomic mass is 9.76. The van der Waals surface area contributed by atoms with E-state index in [0.717, 1.165) is 19.3 Å². The zero-order valence-corrected chi connectivity index (χ0v) is 8.68. The highest BCUT2D eigenvalue weighted by atomic mass is 32.2. The van der Waals surface area contributed by atoms with Crippen molar-refractivity contribution < 1.29 is 13.0 Å². The molecule has 13 heavy (non-hydrogen) atoms. The summed E-state index contributed by atoms with van der Waals surface area (Å²) in [5.41, 5.74) is 5.23. The summed E-state index contributed by atoms with van der Waals surface area (Å²) in [7, 11) is -3.94. The maximum atomic E-state index is 10.7. The first-order chi connectivity index (χ1) is 5.83. The van der Waals surface area contributed by atoms with Gasteiger partial charge in [-0.15, -0.1) is 0 Å². The minimum absolute atomic E-state index is 0.170. The van der Waals surface area contributed by atoms with Crippen LogP contribution in [0.5, 0.6) is 0 Å². The second-order valence-corrected chi connectivity index (χ2v) is 5.56. The first-order valence-electron chi connectivity index (χ1n) is 4.57. The van der Waals surface area contributed by atoms with Gasteiger partial charge in [-0.05, 0) is 18.8 Å². The fourth-order valence-electron chi connectivity index (χ4n) is 1.99. The van der Waals surface area contributed by atoms with E-state index in [-0.39, 0.29) is 11.7 Å². The van der Waals surface area contributed by atoms with E-state index >= 15 is 0 Å². The SMILES string of the molecule is CC1CCCCC1(N)CS(=O)(=O)O. The van der Waals surface area contributed by atoms with Gasteiger partial charge in [0.15, 0.2) is 0 Å². The molecule has 1 aliphatic rings. The lowest BCUT2D eigenvalue weighted by Gasteiger charge is -2.38. The van der Waals surface area contributed by atoms with Gasteiger partial charge in [0.1, 0.15) is 0 Å². The minimum Gasteiger partial charge on any atom is -0.324 e. The highest BCUT2D eigenvalue weighted by Crippen LogP contribution is 2.32. The predicted octanol–water partition coefficient (Wildman–Crippen LogP) is 0.782. The van der Waals surface area contributed by atoms with Gasteiger partial charge in [0, 0.05) is 5.54 Å². The summed E-state index contributed by atoms with van der Waals surface area (Å²) in [5, 5.41) is 0. The van der Waals surface area contributed by atoms with Gasteiger partial charge in [-0.3, -0.25) is 4.55 Å². The van der Waals surface area contributed by atoms with Crippen molar-refractivity contribution in [2.75, 3.05) is 5.75 Å². The third-order valence-corrected chi connectivity index (χ3v) is 3.86. The van der Waals surface area contributed by atoms with Crippen molar-refractivity contribution in [1.29, 1.82) is 0 Å². The first-order valence-corrected chi connectivity index (χ1v) is 6.18. The second-order valence-electron chi connectivity index (χ2n) is 4.11. The van der Waals surface area contributed by atoms with Crippen LogP contribution in [0.4, 0.5) is 0 Å². The monoisotopic (exact) mass is 207 g/mol. The fraction of sp³-hybridized carbons (Fsp3) is 1.00. The average Bonchev–Trinajstić information content (AvgIpc) is 1.92. The lowest BCUT2D eigenvalue weighted by molar-refractivity contribution is 0.225. The van der Waals surface area contributed by atoms with Crippen LogP contribution in [0.25, 0.3) is 0 Å². The van der Waals surface area contributed by atoms with E-state index in [0.29, 0.717) is 6.42 Å². The number of hydrogen-bond acceptors (Lipinski definition) is 3. The molecule has 1 saturated carbocycles. The molecule has 5 heteroatoms. The second kappa shape index (κ2) is 3.55. The standard InChI is InChI=1S/C8H17NO3S/c1-7-4-2-3-5-8(7,9)6-13(10,11)12/h7H,2-6,9H2,1H3,(H,10,11,12). The molecule has 0 bridgehead atoms. The molecule has 0 heterocycles. The van der Waals surface area contributed by atoms with Crippen molar-refractivity contribution in [1.82, 2.24) is 0 Å². The maximum Gasteiger partial charge on any atom is 0.266 e. The van der Waals surface area contributed by atoms with E-state index < -0.39 is 15.7 Å². The fourth-order valence-corrected chi connectivity index (χ4v) is 3.10. The van der Waals surface area contributed by atoms with Gasteiger partial charge in [0.25, 0.3) is 10.1 Å². The van der Waals surface area contributed by atoms with Crippen LogP contribution in [0.15, 0.2) is 0 Å². The van der Waals surface area contributed by atoms with Crippen molar-refractivity contribution in [3.63, 3.8) is 0 Å². The van der Waals surface area contributed by atoms with E-state index in [1.807, 2.05) is 6.92 Å². The van der Waals surface area contributed by atoms with Crippen LogP contribution in [-0.2, 0) is 10.1 Å². The van der Waals surface area contributed by atoms with Crippen molar-refractivity contribution in [2.24, 2.45) is 11.7 Å². The molecule has 78 valence electrons. The molecule has 0 saturated heterocycles. The molecule has 0 radical (unpaired) electrons. The molecule has 0 spiro atoms. The van der Waals surface area contributed by atoms with Crippen LogP contribution < -0.4 is 5.73 Å². The van der Waals surface area contributed by atoms with Crippen molar-refractivity contribution in [3.05, 3.63) is 0 Å². The molecule has 0 aromatic heterocycles. The van der Waals surface area contributed by atoms with E-state index in [1.165, 1.54) is 0 Å². The average molecular weight is 207 g/mol. The third-order valence-electron chi connectivity index (χ3n) is 2.96. The summed E-state index contributed by atoms with van der Waals surface area (Å²) in [5.74, 6) is -0.135. The molecular formula is C8H17NO3S. The van der Waals surface area contributed by atoms with Crippen molar-refractivity contribution >= 4 is 10.1 Å². The molecule has 2 atom stereocenters. The predicted molar refractivity (Wildman–Crippen MR) is 51.0 cm³/mol. The molecule has 4 nitrogen and oxygen atoms in total. The van der Waals surface area contributed by atoms with Gasteiger partial charge < -0.3 is 5.73 Å². The van der Waals surface area contributed by atoms with Crippen LogP contribution in [0.2, 0.25) is 0 Å². The Labute approximate surface area is 79.3 Å². The molecule has 3 N–H and O–H groups in total. The molecule has 1 aliphatic carbocycles. The van der Waals surface area contributed by atoms with Gasteiger partial charge in [-0.25, -0.2) is 0 Å². The van der Waals surface area contributed by atoms with Crippen LogP contribution in [0, 0.1) is 5.92 Å². The zero-order valence-electron chi connectivity index (χ0n) is 7.86. The van der Waals surface area contributed by atoms with Gasteiger partial charge >= 0.3 is 0 Å². The van der Waals surface area contributed by atoms with E-state index in [9.17, 15) is 8.42 Å². The largest absolute Gasteiger partial charge is 0.324 e. The summed E-state index contributed by atoms with van der Waals surface area (Å²) in [6, 6.07) is 0. The Morgan fingerprint density at radius 1 is 1.54 bits per heavy atom. The molecule has 0 aliphatic heterocycles. The maximum absolute atomic E-state index is 10.7. The zero-order chi connectivity index (χ0) is 10.1. The topological polar surface area (TPSA) is 80.4 Å². The van der Waals surface area contributed by atoms with E-state index in [2.05, 4.69) is 0 Å². The summed E-state index contributed by atoms with van der Waals surface area (Å²) in [4.78, 5) is 0. The lowest BCUT2D eigenvalue weighted by Crippen LogP contribution is -2.53. The molecule has 1 rings (SSSR count). The van der Waals surface area contributed by atoms with Gasteiger partial charge in [0.05, 0.1) is 5.75 Å². The Bertz CT molecular complexity index is 275. The highest BCUT2D eigenvalue weighted by Gasteiger charge is 2.37. The van der Waals surface area contributed by atoms with E-state index in [1.54, 1.807) is 0 Å². The van der Waals surface area contributed by atoms with Crippen LogP contribution >= 0.6 is 0 Å². The smallest absolute Gasteiger partial charge is 0.266 e. The Morgan fingerprint density at radius 2 is 2.15 bits per heavy atom. The van der Waals surface area contributed by atoms with Crippen LogP contribution in [0.1, 0.15) is 32.6 Å². The number of hydrogen-bond donors (Lipinski definition) is 2. The highest BCUT2D eigenvalue weighted by molar-refractivity contribution is 7.85. The minimum atomic E-state index is -3.94.